The number of imidazole rings is 2. The Morgan fingerprint density at radius 3 is 2.74 bits per heavy atom. The Hall–Kier alpha value is -2.81. The first-order valence-corrected chi connectivity index (χ1v) is 8.56. The molecule has 2 N–H and O–H groups in total. The van der Waals surface area contributed by atoms with E-state index >= 15 is 0 Å². The van der Waals surface area contributed by atoms with Crippen molar-refractivity contribution in [3.63, 3.8) is 0 Å². The molecule has 0 spiro atoms. The van der Waals surface area contributed by atoms with Crippen LogP contribution in [-0.4, -0.2) is 41.3 Å². The number of benzene rings is 1. The number of aromatic amines is 1. The molecule has 3 rings (SSSR count). The summed E-state index contributed by atoms with van der Waals surface area (Å²) in [6.07, 6.45) is 7.85. The standard InChI is InChI=1S/C14H15N5O3S/c1-22-12-4-3-10(9-11(12)18-23(2,20)21)19-8-7-17-14(19)13-15-5-6-16-13/h3-9,18H,1-2H3,(H,15,16). The van der Waals surface area contributed by atoms with Crippen molar-refractivity contribution in [2.45, 2.75) is 0 Å². The molecule has 0 aliphatic heterocycles. The molecule has 0 saturated heterocycles. The minimum Gasteiger partial charge on any atom is -0.495 e. The van der Waals surface area contributed by atoms with E-state index in [1.807, 2.05) is 0 Å². The quantitative estimate of drug-likeness (QED) is 0.739. The molecule has 0 amide bonds. The summed E-state index contributed by atoms with van der Waals surface area (Å²) in [7, 11) is -1.94. The van der Waals surface area contributed by atoms with Crippen molar-refractivity contribution in [1.29, 1.82) is 0 Å². The van der Waals surface area contributed by atoms with E-state index in [0.29, 0.717) is 23.1 Å². The van der Waals surface area contributed by atoms with Gasteiger partial charge in [0.15, 0.2) is 11.6 Å². The molecular formula is C14H15N5O3S. The van der Waals surface area contributed by atoms with Gasteiger partial charge in [-0.3, -0.25) is 9.29 Å². The van der Waals surface area contributed by atoms with E-state index < -0.39 is 10.0 Å². The number of rotatable bonds is 5. The van der Waals surface area contributed by atoms with Gasteiger partial charge in [0.2, 0.25) is 10.0 Å². The van der Waals surface area contributed by atoms with E-state index in [0.717, 1.165) is 11.9 Å². The van der Waals surface area contributed by atoms with Crippen LogP contribution in [0.2, 0.25) is 0 Å². The van der Waals surface area contributed by atoms with Crippen LogP contribution in [0.5, 0.6) is 5.75 Å². The lowest BCUT2D eigenvalue weighted by molar-refractivity contribution is 0.417. The minimum atomic E-state index is -3.42. The summed E-state index contributed by atoms with van der Waals surface area (Å²) in [6.45, 7) is 0. The molecule has 3 aromatic rings. The third-order valence-corrected chi connectivity index (χ3v) is 3.70. The second kappa shape index (κ2) is 5.76. The third kappa shape index (κ3) is 3.19. The second-order valence-corrected chi connectivity index (χ2v) is 6.57. The van der Waals surface area contributed by atoms with Crippen LogP contribution in [0, 0.1) is 0 Å². The van der Waals surface area contributed by atoms with E-state index in [-0.39, 0.29) is 0 Å². The highest BCUT2D eigenvalue weighted by atomic mass is 32.2. The predicted molar refractivity (Wildman–Crippen MR) is 86.2 cm³/mol. The summed E-state index contributed by atoms with van der Waals surface area (Å²) < 4.78 is 32.5. The summed E-state index contributed by atoms with van der Waals surface area (Å²) in [6, 6.07) is 5.17. The van der Waals surface area contributed by atoms with Crippen LogP contribution >= 0.6 is 0 Å². The summed E-state index contributed by atoms with van der Waals surface area (Å²) in [5.41, 5.74) is 1.08. The topological polar surface area (TPSA) is 102 Å². The Balaban J connectivity index is 2.08. The van der Waals surface area contributed by atoms with Gasteiger partial charge in [0, 0.05) is 30.5 Å². The first kappa shape index (κ1) is 15.1. The van der Waals surface area contributed by atoms with Crippen molar-refractivity contribution in [2.24, 2.45) is 0 Å². The van der Waals surface area contributed by atoms with Crippen LogP contribution in [0.3, 0.4) is 0 Å². The van der Waals surface area contributed by atoms with Crippen molar-refractivity contribution in [1.82, 2.24) is 19.5 Å². The van der Waals surface area contributed by atoms with E-state index in [1.54, 1.807) is 47.6 Å². The molecule has 1 aromatic carbocycles. The van der Waals surface area contributed by atoms with Gasteiger partial charge >= 0.3 is 0 Å². The summed E-state index contributed by atoms with van der Waals surface area (Å²) in [5, 5.41) is 0. The molecule has 0 unspecified atom stereocenters. The zero-order valence-corrected chi connectivity index (χ0v) is 13.3. The van der Waals surface area contributed by atoms with E-state index in [9.17, 15) is 8.42 Å². The monoisotopic (exact) mass is 333 g/mol. The fourth-order valence-corrected chi connectivity index (χ4v) is 2.76. The number of nitrogens with one attached hydrogen (secondary N) is 2. The first-order chi connectivity index (χ1) is 11.0. The van der Waals surface area contributed by atoms with Crippen LogP contribution in [0.4, 0.5) is 5.69 Å². The normalized spacial score (nSPS) is 11.4. The maximum absolute atomic E-state index is 11.5. The maximum atomic E-state index is 11.5. The number of ether oxygens (including phenoxy) is 1. The maximum Gasteiger partial charge on any atom is 0.229 e. The Bertz CT molecular complexity index is 916. The molecular weight excluding hydrogens is 318 g/mol. The van der Waals surface area contributed by atoms with Gasteiger partial charge in [0.05, 0.1) is 19.1 Å². The highest BCUT2D eigenvalue weighted by Gasteiger charge is 2.13. The Kier molecular flexibility index (Phi) is 3.78. The second-order valence-electron chi connectivity index (χ2n) is 4.82. The van der Waals surface area contributed by atoms with Crippen molar-refractivity contribution < 1.29 is 13.2 Å². The van der Waals surface area contributed by atoms with Gasteiger partial charge in [-0.05, 0) is 18.2 Å². The van der Waals surface area contributed by atoms with Crippen LogP contribution in [0.15, 0.2) is 43.0 Å². The van der Waals surface area contributed by atoms with Crippen LogP contribution < -0.4 is 9.46 Å². The number of hydrogen-bond donors (Lipinski definition) is 2. The summed E-state index contributed by atoms with van der Waals surface area (Å²) in [4.78, 5) is 11.5. The average Bonchev–Trinajstić information content (AvgIpc) is 3.16. The predicted octanol–water partition coefficient (Wildman–Crippen LogP) is 1.64. The SMILES string of the molecule is COc1ccc(-n2ccnc2-c2ncc[nH]2)cc1NS(C)(=O)=O. The summed E-state index contributed by atoms with van der Waals surface area (Å²) in [5.74, 6) is 1.66. The molecule has 0 fully saturated rings. The number of hydrogen-bond acceptors (Lipinski definition) is 5. The van der Waals surface area contributed by atoms with Gasteiger partial charge in [-0.1, -0.05) is 0 Å². The number of nitrogens with zero attached hydrogens (tertiary/aromatic N) is 3. The molecule has 0 aliphatic rings. The molecule has 0 radical (unpaired) electrons. The van der Waals surface area contributed by atoms with Gasteiger partial charge in [-0.2, -0.15) is 0 Å². The Labute approximate surface area is 133 Å². The van der Waals surface area contributed by atoms with E-state index in [1.165, 1.54) is 7.11 Å². The van der Waals surface area contributed by atoms with Crippen molar-refractivity contribution in [3.8, 4) is 23.1 Å². The van der Waals surface area contributed by atoms with Crippen molar-refractivity contribution >= 4 is 15.7 Å². The average molecular weight is 333 g/mol. The van der Waals surface area contributed by atoms with Gasteiger partial charge in [-0.15, -0.1) is 0 Å². The fourth-order valence-electron chi connectivity index (χ4n) is 2.20. The molecule has 0 saturated carbocycles. The van der Waals surface area contributed by atoms with Gasteiger partial charge in [0.1, 0.15) is 5.75 Å². The highest BCUT2D eigenvalue weighted by molar-refractivity contribution is 7.92. The molecule has 9 heteroatoms. The fraction of sp³-hybridized carbons (Fsp3) is 0.143. The van der Waals surface area contributed by atoms with E-state index in [2.05, 4.69) is 19.7 Å². The molecule has 8 nitrogen and oxygen atoms in total. The molecule has 0 bridgehead atoms. The highest BCUT2D eigenvalue weighted by Crippen LogP contribution is 2.29. The van der Waals surface area contributed by atoms with Crippen molar-refractivity contribution in [3.05, 3.63) is 43.0 Å². The van der Waals surface area contributed by atoms with Crippen LogP contribution in [-0.2, 0) is 10.0 Å². The lowest BCUT2D eigenvalue weighted by Gasteiger charge is -2.13. The zero-order chi connectivity index (χ0) is 16.4. The number of methoxy groups -OCH3 is 1. The molecule has 2 heterocycles. The number of aromatic nitrogens is 4. The third-order valence-electron chi connectivity index (χ3n) is 3.11. The van der Waals surface area contributed by atoms with Crippen LogP contribution in [0.1, 0.15) is 0 Å². The number of sulfonamides is 1. The van der Waals surface area contributed by atoms with E-state index in [4.69, 9.17) is 4.74 Å². The van der Waals surface area contributed by atoms with Gasteiger partial charge in [0.25, 0.3) is 0 Å². The minimum absolute atomic E-state index is 0.353. The van der Waals surface area contributed by atoms with Gasteiger partial charge in [-0.25, -0.2) is 18.4 Å². The van der Waals surface area contributed by atoms with Crippen molar-refractivity contribution in [2.75, 3.05) is 18.1 Å². The zero-order valence-electron chi connectivity index (χ0n) is 12.5. The molecule has 2 aromatic heterocycles. The largest absolute Gasteiger partial charge is 0.495 e. The molecule has 23 heavy (non-hydrogen) atoms. The number of anilines is 1. The van der Waals surface area contributed by atoms with Gasteiger partial charge < -0.3 is 9.72 Å². The Morgan fingerprint density at radius 1 is 1.26 bits per heavy atom. The molecule has 0 atom stereocenters. The lowest BCUT2D eigenvalue weighted by Crippen LogP contribution is -2.11. The number of H-pyrrole nitrogens is 1. The molecule has 120 valence electrons. The lowest BCUT2D eigenvalue weighted by atomic mass is 10.2. The smallest absolute Gasteiger partial charge is 0.229 e. The van der Waals surface area contributed by atoms with Crippen LogP contribution in [0.25, 0.3) is 17.3 Å². The first-order valence-electron chi connectivity index (χ1n) is 6.67. The molecule has 0 aliphatic carbocycles. The Morgan fingerprint density at radius 2 is 2.09 bits per heavy atom. The summed E-state index contributed by atoms with van der Waals surface area (Å²) >= 11 is 0.